The van der Waals surface area contributed by atoms with Gasteiger partial charge in [-0.3, -0.25) is 4.79 Å². The molecule has 9 heteroatoms. The molecule has 3 aliphatic heterocycles. The van der Waals surface area contributed by atoms with Crippen molar-refractivity contribution in [1.29, 1.82) is 0 Å². The van der Waals surface area contributed by atoms with Crippen molar-refractivity contribution in [3.05, 3.63) is 59.7 Å². The quantitative estimate of drug-likeness (QED) is 0.738. The molecule has 2 aromatic carbocycles. The number of hydrogen-bond acceptors (Lipinski definition) is 7. The molecule has 5 rings (SSSR count). The van der Waals surface area contributed by atoms with E-state index >= 15 is 0 Å². The Morgan fingerprint density at radius 3 is 2.61 bits per heavy atom. The topological polar surface area (TPSA) is 69.3 Å². The van der Waals surface area contributed by atoms with Crippen LogP contribution in [0.5, 0.6) is 5.75 Å². The first-order chi connectivity index (χ1) is 16.0. The first-order valence-electron chi connectivity index (χ1n) is 11.2. The van der Waals surface area contributed by atoms with Gasteiger partial charge in [0.15, 0.2) is 6.10 Å². The Balaban J connectivity index is 1.28. The van der Waals surface area contributed by atoms with Gasteiger partial charge in [-0.15, -0.1) is 0 Å². The second-order valence-electron chi connectivity index (χ2n) is 8.69. The Bertz CT molecular complexity index is 1070. The van der Waals surface area contributed by atoms with Gasteiger partial charge in [0, 0.05) is 37.9 Å². The number of halogens is 1. The molecular weight excluding hydrogens is 425 g/mol. The summed E-state index contributed by atoms with van der Waals surface area (Å²) in [6.45, 7) is 5.25. The average molecular weight is 454 g/mol. The third-order valence-electron chi connectivity index (χ3n) is 6.21. The lowest BCUT2D eigenvalue weighted by atomic mass is 9.99. The van der Waals surface area contributed by atoms with Crippen molar-refractivity contribution in [3.8, 4) is 5.75 Å². The van der Waals surface area contributed by atoms with Crippen LogP contribution in [-0.2, 0) is 16.1 Å². The number of aryl methyl sites for hydroxylation is 1. The maximum Gasteiger partial charge on any atom is 0.265 e. The number of anilines is 3. The molecule has 0 aromatic heterocycles. The Morgan fingerprint density at radius 1 is 1.15 bits per heavy atom. The molecular formula is C24H28FN5O3. The fourth-order valence-corrected chi connectivity index (χ4v) is 4.32. The molecule has 1 fully saturated rings. The first kappa shape index (κ1) is 21.5. The highest BCUT2D eigenvalue weighted by molar-refractivity contribution is 5.95. The number of rotatable bonds is 4. The van der Waals surface area contributed by atoms with Gasteiger partial charge in [-0.05, 0) is 62.7 Å². The zero-order valence-electron chi connectivity index (χ0n) is 18.8. The highest BCUT2D eigenvalue weighted by Gasteiger charge is 2.30. The van der Waals surface area contributed by atoms with Gasteiger partial charge >= 0.3 is 0 Å². The van der Waals surface area contributed by atoms with Crippen LogP contribution in [0.3, 0.4) is 0 Å². The summed E-state index contributed by atoms with van der Waals surface area (Å²) in [5.74, 6) is 0.917. The molecule has 8 nitrogen and oxygen atoms in total. The highest BCUT2D eigenvalue weighted by Crippen LogP contribution is 2.39. The Labute approximate surface area is 192 Å². The Kier molecular flexibility index (Phi) is 5.82. The molecule has 1 atom stereocenters. The van der Waals surface area contributed by atoms with E-state index in [2.05, 4.69) is 27.8 Å². The normalized spacial score (nSPS) is 20.6. The third kappa shape index (κ3) is 4.60. The zero-order valence-corrected chi connectivity index (χ0v) is 18.8. The number of piperazine rings is 1. The van der Waals surface area contributed by atoms with E-state index in [0.717, 1.165) is 48.9 Å². The molecule has 1 amide bonds. The Morgan fingerprint density at radius 2 is 1.91 bits per heavy atom. The van der Waals surface area contributed by atoms with Gasteiger partial charge < -0.3 is 24.7 Å². The molecule has 3 heterocycles. The molecule has 174 valence electrons. The molecule has 0 bridgehead atoms. The van der Waals surface area contributed by atoms with E-state index in [1.54, 1.807) is 5.01 Å². The molecule has 1 saturated heterocycles. The first-order valence-corrected chi connectivity index (χ1v) is 11.2. The molecule has 0 aliphatic carbocycles. The summed E-state index contributed by atoms with van der Waals surface area (Å²) in [4.78, 5) is 22.6. The zero-order chi connectivity index (χ0) is 22.9. The van der Waals surface area contributed by atoms with Crippen molar-refractivity contribution in [2.75, 3.05) is 48.5 Å². The van der Waals surface area contributed by atoms with Gasteiger partial charge in [-0.1, -0.05) is 5.59 Å². The van der Waals surface area contributed by atoms with Gasteiger partial charge in [-0.25, -0.2) is 9.40 Å². The fraction of sp³-hybridized carbons (Fsp3) is 0.375. The number of carbonyl (C=O) groups is 1. The van der Waals surface area contributed by atoms with Crippen LogP contribution in [0.15, 0.2) is 48.4 Å². The predicted octanol–water partition coefficient (Wildman–Crippen LogP) is 3.03. The molecule has 0 spiro atoms. The summed E-state index contributed by atoms with van der Waals surface area (Å²) in [6, 6.07) is 10.5. The number of hydrogen-bond donors (Lipinski definition) is 2. The van der Waals surface area contributed by atoms with Crippen LogP contribution in [0.2, 0.25) is 0 Å². The number of allylic oxidation sites excluding steroid dienone is 1. The summed E-state index contributed by atoms with van der Waals surface area (Å²) in [5, 5.41) is 4.69. The minimum absolute atomic E-state index is 0.208. The molecule has 3 aliphatic rings. The van der Waals surface area contributed by atoms with Crippen LogP contribution in [0.1, 0.15) is 18.9 Å². The number of ether oxygens (including phenoxy) is 1. The summed E-state index contributed by atoms with van der Waals surface area (Å²) in [5.41, 5.74) is 5.90. The summed E-state index contributed by atoms with van der Waals surface area (Å²) >= 11 is 0. The molecule has 2 N–H and O–H groups in total. The summed E-state index contributed by atoms with van der Waals surface area (Å²) < 4.78 is 20.5. The number of benzene rings is 2. The number of nitrogens with zero attached hydrogens (tertiary/aromatic N) is 3. The van der Waals surface area contributed by atoms with E-state index in [-0.39, 0.29) is 11.7 Å². The van der Waals surface area contributed by atoms with Crippen molar-refractivity contribution in [1.82, 2.24) is 10.5 Å². The van der Waals surface area contributed by atoms with E-state index in [1.165, 1.54) is 12.1 Å². The molecule has 2 aromatic rings. The number of hydrazine groups is 1. The maximum absolute atomic E-state index is 14.3. The minimum atomic E-state index is -0.631. The van der Waals surface area contributed by atoms with Gasteiger partial charge in [-0.2, -0.15) is 0 Å². The number of nitrogens with one attached hydrogen (secondary N) is 2. The van der Waals surface area contributed by atoms with E-state index < -0.39 is 6.10 Å². The lowest BCUT2D eigenvalue weighted by Crippen LogP contribution is -2.45. The highest BCUT2D eigenvalue weighted by atomic mass is 19.1. The number of carbonyl (C=O) groups excluding carboxylic acids is 1. The summed E-state index contributed by atoms with van der Waals surface area (Å²) in [6.07, 6.45) is 2.30. The number of fused-ring (bicyclic) bond motifs is 1. The van der Waals surface area contributed by atoms with E-state index in [4.69, 9.17) is 9.57 Å². The van der Waals surface area contributed by atoms with Crippen LogP contribution in [-0.4, -0.2) is 50.1 Å². The lowest BCUT2D eigenvalue weighted by molar-refractivity contribution is -0.123. The maximum atomic E-state index is 14.3. The van der Waals surface area contributed by atoms with Gasteiger partial charge in [0.25, 0.3) is 5.91 Å². The predicted molar refractivity (Wildman–Crippen MR) is 124 cm³/mol. The standard InChI is InChI=1S/C24H28FN5O3/c1-16-15-30(27-33-16)20-6-4-19(5-7-20)26-24(31)22-8-3-17-13-18(25)14-21(23(17)32-22)29-11-9-28(2)10-12-29/h4-7,13-15,22,27H,3,8-12H2,1-2H3,(H,26,31). The van der Waals surface area contributed by atoms with Crippen LogP contribution < -0.4 is 25.6 Å². The van der Waals surface area contributed by atoms with E-state index in [0.29, 0.717) is 24.3 Å². The van der Waals surface area contributed by atoms with E-state index in [1.807, 2.05) is 37.4 Å². The Hall–Kier alpha value is -3.30. The van der Waals surface area contributed by atoms with Crippen LogP contribution in [0.4, 0.5) is 21.5 Å². The lowest BCUT2D eigenvalue weighted by Gasteiger charge is -2.37. The smallest absolute Gasteiger partial charge is 0.265 e. The van der Waals surface area contributed by atoms with Crippen molar-refractivity contribution >= 4 is 23.0 Å². The van der Waals surface area contributed by atoms with Gasteiger partial charge in [0.1, 0.15) is 17.3 Å². The monoisotopic (exact) mass is 453 g/mol. The average Bonchev–Trinajstić information content (AvgIpc) is 3.25. The van der Waals surface area contributed by atoms with Crippen LogP contribution >= 0.6 is 0 Å². The fourth-order valence-electron chi connectivity index (χ4n) is 4.32. The van der Waals surface area contributed by atoms with Crippen molar-refractivity contribution in [2.24, 2.45) is 0 Å². The molecule has 0 radical (unpaired) electrons. The molecule has 33 heavy (non-hydrogen) atoms. The second-order valence-corrected chi connectivity index (χ2v) is 8.69. The van der Waals surface area contributed by atoms with Crippen molar-refractivity contribution < 1.29 is 18.8 Å². The summed E-state index contributed by atoms with van der Waals surface area (Å²) in [7, 11) is 2.08. The molecule has 0 saturated carbocycles. The van der Waals surface area contributed by atoms with E-state index in [9.17, 15) is 9.18 Å². The van der Waals surface area contributed by atoms with Crippen molar-refractivity contribution in [3.63, 3.8) is 0 Å². The SMILES string of the molecule is CC1=CN(c2ccc(NC(=O)C3CCc4cc(F)cc(N5CCN(C)CC5)c4O3)cc2)NO1. The van der Waals surface area contributed by atoms with Crippen LogP contribution in [0.25, 0.3) is 0 Å². The number of likely N-dealkylation sites (N-methyl/N-ethyl adjacent to an activating group) is 1. The second kappa shape index (κ2) is 8.92. The molecule has 1 unspecified atom stereocenters. The largest absolute Gasteiger partial charge is 0.478 e. The van der Waals surface area contributed by atoms with Gasteiger partial charge in [0.05, 0.1) is 17.6 Å². The van der Waals surface area contributed by atoms with Crippen molar-refractivity contribution in [2.45, 2.75) is 25.9 Å². The third-order valence-corrected chi connectivity index (χ3v) is 6.21. The van der Waals surface area contributed by atoms with Crippen LogP contribution in [0, 0.1) is 5.82 Å². The number of amides is 1. The minimum Gasteiger partial charge on any atom is -0.478 e. The van der Waals surface area contributed by atoms with Gasteiger partial charge in [0.2, 0.25) is 0 Å².